The van der Waals surface area contributed by atoms with Crippen LogP contribution in [0, 0.1) is 0 Å². The average Bonchev–Trinajstić information content (AvgIpc) is 0.856. The summed E-state index contributed by atoms with van der Waals surface area (Å²) >= 11 is 5.99. The van der Waals surface area contributed by atoms with Gasteiger partial charge in [0, 0.05) is 57.7 Å². The van der Waals surface area contributed by atoms with Gasteiger partial charge in [0.2, 0.25) is 7.65 Å². The highest BCUT2D eigenvalue weighted by atomic mass is 35.7. The predicted molar refractivity (Wildman–Crippen MR) is 594 cm³/mol. The zero-order valence-corrected chi connectivity index (χ0v) is 98.5. The molecule has 0 spiro atoms. The van der Waals surface area contributed by atoms with E-state index in [1.54, 1.807) is 7.11 Å². The zero-order valence-electron chi connectivity index (χ0n) is 95.1. The van der Waals surface area contributed by atoms with Gasteiger partial charge in [-0.25, -0.2) is 4.67 Å². The molecule has 0 amide bonds. The SMILES string of the molecule is CCCCCCCCCCCCCC(=O)OCC(CO)OC(=O)CCCCCCCCCCCCC.CCCCCCCCCCCCCC(=O)OCC(COP(=O)([O-])OCC(O)COP(=O)([O-])OCC(COC(=O)CCCCCCCCCCCCC)OC(=O)CCCCCCCCCCCCC)OC(=O)CCCCCCCCCCCCC.COP(Cl)N(C(C)C)C(C)C.OCC(CO)OCc1ccccc1.[NH4+].[NH4+]. The van der Waals surface area contributed by atoms with Crippen molar-refractivity contribution >= 4 is 70.4 Å². The number of ether oxygens (including phenoxy) is 7. The second-order valence-electron chi connectivity index (χ2n) is 39.8. The second kappa shape index (κ2) is 114. The summed E-state index contributed by atoms with van der Waals surface area (Å²) in [5.41, 5.74) is 1.04. The minimum Gasteiger partial charge on any atom is -0.756 e. The fraction of sp³-hybridized carbons (Fsp3) is 0.894. The number of esters is 6. The number of quaternary nitrogens is 2. The largest absolute Gasteiger partial charge is 0.756 e. The van der Waals surface area contributed by atoms with E-state index in [9.17, 15) is 57.9 Å². The maximum atomic E-state index is 12.9. The Morgan fingerprint density at radius 3 is 0.712 bits per heavy atom. The van der Waals surface area contributed by atoms with Crippen molar-refractivity contribution in [1.29, 1.82) is 0 Å². The van der Waals surface area contributed by atoms with Crippen LogP contribution in [0.5, 0.6) is 0 Å². The first-order valence-corrected chi connectivity index (χ1v) is 62.9. The Kier molecular flexibility index (Phi) is 118. The van der Waals surface area contributed by atoms with Crippen molar-refractivity contribution in [2.24, 2.45) is 0 Å². The molecule has 29 nitrogen and oxygen atoms in total. The van der Waals surface area contributed by atoms with Gasteiger partial charge in [-0.3, -0.25) is 37.9 Å². The van der Waals surface area contributed by atoms with Crippen LogP contribution in [0.1, 0.15) is 537 Å². The van der Waals surface area contributed by atoms with Gasteiger partial charge in [-0.05, 0) is 83.0 Å². The highest BCUT2D eigenvalue weighted by Crippen LogP contribution is 2.48. The molecule has 0 aliphatic rings. The molecule has 0 aliphatic heterocycles. The molecule has 1 aromatic carbocycles. The standard InChI is InChI=1S/C65H126O17P2.C31H60O5.C10H14O3.C7H17ClNOP.2H3N/c1-5-9-13-17-21-25-29-33-37-41-45-49-62(67)75-55-60(81-64(69)51-47-43-39-35-31-27-23-19-15-11-7-3)57-79-83(71,72)77-53-59(66)54-78-84(73,74)80-58-61(82-65(70)52-48-44-40-36-32-28-24-20-16-12-8-4)56-76-63(68)50-46-42-38-34-30-26-22-18-14-10-6-2;1-3-5-7-9-11-13-15-17-19-21-23-25-30(33)35-28-29(27-32)36-31(34)26-24-22-20-18-16-14-12-10-8-6-4-2;11-6-10(7-12)13-8-9-4-2-1-3-5-9;1-6(2)9(7(3)4)11(8)10-5;;/h59-61,66H,5-58H2,1-4H3,(H,71,72)(H,73,74);29,32H,3-28H2,1-2H3;1-5,10-12H,6-8H2;6-7H,1-5H3;2*1H3. The summed E-state index contributed by atoms with van der Waals surface area (Å²) in [5.74, 6) is -2.81. The molecule has 0 radical (unpaired) electrons. The first kappa shape index (κ1) is 151. The van der Waals surface area contributed by atoms with Gasteiger partial charge in [-0.15, -0.1) is 0 Å². The number of phosphoric acid groups is 2. The molecular weight excluding hydrogens is 1940 g/mol. The number of aliphatic hydroxyl groups excluding tert-OH is 4. The fourth-order valence-corrected chi connectivity index (χ4v) is 19.8. The van der Waals surface area contributed by atoms with Crippen molar-refractivity contribution in [3.63, 3.8) is 0 Å². The van der Waals surface area contributed by atoms with Gasteiger partial charge < -0.3 is 98.3 Å². The summed E-state index contributed by atoms with van der Waals surface area (Å²) in [6.45, 7) is 17.2. The molecule has 6 unspecified atom stereocenters. The van der Waals surface area contributed by atoms with Crippen molar-refractivity contribution in [2.45, 2.75) is 581 Å². The lowest BCUT2D eigenvalue weighted by atomic mass is 10.1. The number of benzene rings is 1. The molecule has 0 aliphatic carbocycles. The monoisotopic (exact) mass is 2170 g/mol. The molecule has 868 valence electrons. The van der Waals surface area contributed by atoms with Gasteiger partial charge in [0.15, 0.2) is 18.3 Å². The molecule has 12 N–H and O–H groups in total. The molecule has 0 aromatic heterocycles. The summed E-state index contributed by atoms with van der Waals surface area (Å²) in [7, 11) is -9.68. The smallest absolute Gasteiger partial charge is 0.306 e. The van der Waals surface area contributed by atoms with Gasteiger partial charge in [-0.2, -0.15) is 0 Å². The average molecular weight is 2170 g/mol. The summed E-state index contributed by atoms with van der Waals surface area (Å²) in [4.78, 5) is 101. The van der Waals surface area contributed by atoms with Crippen LogP contribution in [-0.2, 0) is 100 Å². The molecule has 0 saturated carbocycles. The molecule has 0 fully saturated rings. The number of halogens is 1. The Labute approximate surface area is 895 Å². The lowest BCUT2D eigenvalue weighted by molar-refractivity contribution is -0.233. The first-order chi connectivity index (χ1) is 69.7. The molecule has 33 heteroatoms. The maximum absolute atomic E-state index is 12.9. The van der Waals surface area contributed by atoms with Crippen LogP contribution in [0.3, 0.4) is 0 Å². The summed E-state index contributed by atoms with van der Waals surface area (Å²) in [6, 6.07) is 10.5. The van der Waals surface area contributed by atoms with Crippen LogP contribution >= 0.6 is 34.5 Å². The molecule has 146 heavy (non-hydrogen) atoms. The van der Waals surface area contributed by atoms with Gasteiger partial charge in [0.25, 0.3) is 15.6 Å². The number of nitrogens with zero attached hydrogens (tertiary/aromatic N) is 1. The lowest BCUT2D eigenvalue weighted by Gasteiger charge is -2.32. The highest BCUT2D eigenvalue weighted by molar-refractivity contribution is 7.78. The first-order valence-electron chi connectivity index (χ1n) is 57.9. The minimum atomic E-state index is -5.21. The third-order valence-corrected chi connectivity index (χ3v) is 29.5. The Bertz CT molecular complexity index is 2950. The molecule has 1 rings (SSSR count). The topological polar surface area (TPSA) is 451 Å². The van der Waals surface area contributed by atoms with E-state index in [2.05, 4.69) is 73.9 Å². The zero-order chi connectivity index (χ0) is 107. The van der Waals surface area contributed by atoms with Gasteiger partial charge in [0.1, 0.15) is 32.0 Å². The number of hydrogen-bond acceptors (Lipinski definition) is 27. The number of aliphatic hydroxyl groups is 4. The number of rotatable bonds is 103. The molecule has 0 bridgehead atoms. The van der Waals surface area contributed by atoms with E-state index in [4.69, 9.17) is 77.2 Å². The Morgan fingerprint density at radius 1 is 0.308 bits per heavy atom. The van der Waals surface area contributed by atoms with Crippen LogP contribution in [0.4, 0.5) is 0 Å². The van der Waals surface area contributed by atoms with Crippen LogP contribution in [-0.4, -0.2) is 177 Å². The Balaban J connectivity index is -0.000000859. The van der Waals surface area contributed by atoms with E-state index >= 15 is 0 Å². The van der Waals surface area contributed by atoms with E-state index in [0.717, 1.165) is 134 Å². The van der Waals surface area contributed by atoms with Crippen LogP contribution in [0.25, 0.3) is 0 Å². The predicted octanol–water partition coefficient (Wildman–Crippen LogP) is 30.4. The van der Waals surface area contributed by atoms with Crippen molar-refractivity contribution in [3.8, 4) is 0 Å². The van der Waals surface area contributed by atoms with Gasteiger partial charge in [-0.1, -0.05) is 457 Å². The van der Waals surface area contributed by atoms with Crippen molar-refractivity contribution in [2.75, 3.05) is 73.2 Å². The fourth-order valence-electron chi connectivity index (χ4n) is 16.3. The van der Waals surface area contributed by atoms with Crippen LogP contribution < -0.4 is 22.1 Å². The van der Waals surface area contributed by atoms with Crippen LogP contribution in [0.2, 0.25) is 0 Å². The number of carbonyl (C=O) groups excluding carboxylic acids is 6. The van der Waals surface area contributed by atoms with Gasteiger partial charge >= 0.3 is 35.8 Å². The van der Waals surface area contributed by atoms with Crippen molar-refractivity contribution in [1.82, 2.24) is 17.0 Å². The van der Waals surface area contributed by atoms with Crippen LogP contribution in [0.15, 0.2) is 30.3 Å². The lowest BCUT2D eigenvalue weighted by Crippen LogP contribution is -2.31. The van der Waals surface area contributed by atoms with Gasteiger partial charge in [0.05, 0.1) is 52.9 Å². The minimum absolute atomic E-state index is 0. The summed E-state index contributed by atoms with van der Waals surface area (Å²) in [5, 5.41) is 37.4. The number of phosphoric ester groups is 2. The third-order valence-electron chi connectivity index (χ3n) is 25.1. The number of carbonyl (C=O) groups is 6. The molecular formula is C113H223ClN3O26P3. The number of unbranched alkanes of at least 4 members (excludes halogenated alkanes) is 60. The molecule has 1 aromatic rings. The maximum Gasteiger partial charge on any atom is 0.306 e. The molecule has 0 saturated heterocycles. The summed E-state index contributed by atoms with van der Waals surface area (Å²) in [6.07, 6.45) is 71.7. The highest BCUT2D eigenvalue weighted by Gasteiger charge is 2.27. The van der Waals surface area contributed by atoms with E-state index in [-0.39, 0.29) is 76.4 Å². The molecule has 6 atom stereocenters. The van der Waals surface area contributed by atoms with E-state index < -0.39 is 117 Å². The number of hydrogen-bond donors (Lipinski definition) is 6. The summed E-state index contributed by atoms with van der Waals surface area (Å²) < 4.78 is 90.2. The third kappa shape index (κ3) is 109. The quantitative estimate of drug-likeness (QED) is 0.0153. The molecule has 0 heterocycles. The van der Waals surface area contributed by atoms with E-state index in [1.807, 2.05) is 30.3 Å². The van der Waals surface area contributed by atoms with E-state index in [0.29, 0.717) is 57.2 Å². The van der Waals surface area contributed by atoms with E-state index in [1.165, 1.54) is 270 Å². The normalized spacial score (nSPS) is 13.2. The Hall–Kier alpha value is -3.38. The van der Waals surface area contributed by atoms with Crippen molar-refractivity contribution in [3.05, 3.63) is 35.9 Å². The Morgan fingerprint density at radius 2 is 0.507 bits per heavy atom. The second-order valence-corrected chi connectivity index (χ2v) is 44.7. The van der Waals surface area contributed by atoms with Crippen molar-refractivity contribution < 1.29 is 124 Å².